The van der Waals surface area contributed by atoms with E-state index >= 15 is 0 Å². The summed E-state index contributed by atoms with van der Waals surface area (Å²) in [5.74, 6) is -0.611. The molecule has 0 aliphatic rings. The molecular formula is C10H13N3O4. The molecule has 0 unspecified atom stereocenters. The van der Waals surface area contributed by atoms with Crippen LogP contribution in [0.4, 0.5) is 5.69 Å². The number of carbonyl (C=O) groups is 1. The van der Waals surface area contributed by atoms with E-state index in [2.05, 4.69) is 5.32 Å². The number of carbonyl (C=O) groups excluding carboxylic acids is 1. The van der Waals surface area contributed by atoms with Crippen LogP contribution < -0.4 is 15.8 Å². The van der Waals surface area contributed by atoms with E-state index in [1.54, 1.807) is 7.05 Å². The Hall–Kier alpha value is -2.15. The molecule has 3 N–H and O–H groups in total. The number of ether oxygens (including phenoxy) is 1. The summed E-state index contributed by atoms with van der Waals surface area (Å²) in [5, 5.41) is 13.6. The lowest BCUT2D eigenvalue weighted by molar-refractivity contribution is -0.385. The first-order valence-corrected chi connectivity index (χ1v) is 4.92. The number of hydrogen-bond acceptors (Lipinski definition) is 5. The van der Waals surface area contributed by atoms with Crippen molar-refractivity contribution >= 4 is 11.6 Å². The predicted molar refractivity (Wildman–Crippen MR) is 61.0 cm³/mol. The molecule has 7 nitrogen and oxygen atoms in total. The minimum Gasteiger partial charge on any atom is -0.485 e. The number of primary amides is 1. The topological polar surface area (TPSA) is 107 Å². The minimum absolute atomic E-state index is 0.0431. The molecule has 17 heavy (non-hydrogen) atoms. The number of likely N-dealkylation sites (N-methyl/N-ethyl adjacent to an activating group) is 1. The van der Waals surface area contributed by atoms with Crippen LogP contribution in [-0.4, -0.2) is 31.0 Å². The van der Waals surface area contributed by atoms with Gasteiger partial charge in [-0.1, -0.05) is 0 Å². The summed E-state index contributed by atoms with van der Waals surface area (Å²) in [6.07, 6.45) is 0. The Balaban J connectivity index is 2.98. The number of nitrogens with one attached hydrogen (secondary N) is 1. The Labute approximate surface area is 97.7 Å². The normalized spacial score (nSPS) is 9.94. The summed E-state index contributed by atoms with van der Waals surface area (Å²) in [4.78, 5) is 21.1. The van der Waals surface area contributed by atoms with Crippen molar-refractivity contribution < 1.29 is 14.5 Å². The SMILES string of the molecule is CNCCOc1cc(C(N)=O)ccc1[N+](=O)[O-]. The van der Waals surface area contributed by atoms with Gasteiger partial charge in [0.1, 0.15) is 6.61 Å². The number of nitrogens with zero attached hydrogens (tertiary/aromatic N) is 1. The molecule has 0 aliphatic carbocycles. The van der Waals surface area contributed by atoms with E-state index in [1.165, 1.54) is 18.2 Å². The first-order chi connectivity index (χ1) is 8.06. The Morgan fingerprint density at radius 3 is 2.82 bits per heavy atom. The molecule has 1 rings (SSSR count). The lowest BCUT2D eigenvalue weighted by Gasteiger charge is -2.07. The fourth-order valence-electron chi connectivity index (χ4n) is 1.20. The molecule has 0 aromatic heterocycles. The Morgan fingerprint density at radius 1 is 1.59 bits per heavy atom. The molecule has 0 spiro atoms. The van der Waals surface area contributed by atoms with Gasteiger partial charge in [0.2, 0.25) is 5.91 Å². The molecule has 0 saturated carbocycles. The molecule has 0 aliphatic heterocycles. The van der Waals surface area contributed by atoms with E-state index in [-0.39, 0.29) is 23.6 Å². The summed E-state index contributed by atoms with van der Waals surface area (Å²) in [5.41, 5.74) is 5.07. The van der Waals surface area contributed by atoms with E-state index in [0.717, 1.165) is 0 Å². The highest BCUT2D eigenvalue weighted by atomic mass is 16.6. The highest BCUT2D eigenvalue weighted by Crippen LogP contribution is 2.27. The van der Waals surface area contributed by atoms with E-state index in [4.69, 9.17) is 10.5 Å². The van der Waals surface area contributed by atoms with Crippen LogP contribution in [0.3, 0.4) is 0 Å². The molecule has 92 valence electrons. The Kier molecular flexibility index (Phi) is 4.41. The van der Waals surface area contributed by atoms with Gasteiger partial charge in [0.05, 0.1) is 4.92 Å². The zero-order chi connectivity index (χ0) is 12.8. The van der Waals surface area contributed by atoms with Gasteiger partial charge in [-0.25, -0.2) is 0 Å². The molecular weight excluding hydrogens is 226 g/mol. The van der Waals surface area contributed by atoms with Gasteiger partial charge < -0.3 is 15.8 Å². The van der Waals surface area contributed by atoms with Crippen molar-refractivity contribution in [1.29, 1.82) is 0 Å². The zero-order valence-corrected chi connectivity index (χ0v) is 9.30. The zero-order valence-electron chi connectivity index (χ0n) is 9.30. The number of amides is 1. The molecule has 1 aromatic carbocycles. The first-order valence-electron chi connectivity index (χ1n) is 4.92. The molecule has 1 aromatic rings. The summed E-state index contributed by atoms with van der Waals surface area (Å²) in [6, 6.07) is 3.77. The van der Waals surface area contributed by atoms with Gasteiger partial charge in [-0.2, -0.15) is 0 Å². The third-order valence-corrected chi connectivity index (χ3v) is 2.05. The van der Waals surface area contributed by atoms with Gasteiger partial charge in [-0.3, -0.25) is 14.9 Å². The second-order valence-corrected chi connectivity index (χ2v) is 3.26. The third-order valence-electron chi connectivity index (χ3n) is 2.05. The lowest BCUT2D eigenvalue weighted by Crippen LogP contribution is -2.17. The number of nitrogens with two attached hydrogens (primary N) is 1. The lowest BCUT2D eigenvalue weighted by atomic mass is 10.2. The van der Waals surface area contributed by atoms with Crippen molar-refractivity contribution in [3.63, 3.8) is 0 Å². The largest absolute Gasteiger partial charge is 0.485 e. The van der Waals surface area contributed by atoms with Crippen LogP contribution in [0.2, 0.25) is 0 Å². The van der Waals surface area contributed by atoms with Crippen molar-refractivity contribution in [3.8, 4) is 5.75 Å². The van der Waals surface area contributed by atoms with Crippen LogP contribution >= 0.6 is 0 Å². The maximum atomic E-state index is 10.9. The van der Waals surface area contributed by atoms with E-state index in [1.807, 2.05) is 0 Å². The second-order valence-electron chi connectivity index (χ2n) is 3.26. The maximum absolute atomic E-state index is 10.9. The van der Waals surface area contributed by atoms with E-state index in [0.29, 0.717) is 6.54 Å². The number of nitro groups is 1. The number of rotatable bonds is 6. The van der Waals surface area contributed by atoms with Crippen LogP contribution in [0.25, 0.3) is 0 Å². The molecule has 7 heteroatoms. The van der Waals surface area contributed by atoms with Crippen molar-refractivity contribution in [2.45, 2.75) is 0 Å². The quantitative estimate of drug-likeness (QED) is 0.421. The summed E-state index contributed by atoms with van der Waals surface area (Å²) < 4.78 is 5.22. The monoisotopic (exact) mass is 239 g/mol. The highest BCUT2D eigenvalue weighted by Gasteiger charge is 2.16. The molecule has 0 radical (unpaired) electrons. The van der Waals surface area contributed by atoms with Gasteiger partial charge in [0.25, 0.3) is 0 Å². The fourth-order valence-corrected chi connectivity index (χ4v) is 1.20. The Morgan fingerprint density at radius 2 is 2.29 bits per heavy atom. The molecule has 0 saturated heterocycles. The average molecular weight is 239 g/mol. The average Bonchev–Trinajstić information content (AvgIpc) is 2.28. The molecule has 0 bridgehead atoms. The van der Waals surface area contributed by atoms with Crippen molar-refractivity contribution in [2.75, 3.05) is 20.2 Å². The minimum atomic E-state index is -0.654. The smallest absolute Gasteiger partial charge is 0.310 e. The van der Waals surface area contributed by atoms with Gasteiger partial charge in [-0.15, -0.1) is 0 Å². The van der Waals surface area contributed by atoms with Crippen LogP contribution in [0.1, 0.15) is 10.4 Å². The van der Waals surface area contributed by atoms with Crippen LogP contribution in [0.5, 0.6) is 5.75 Å². The second kappa shape index (κ2) is 5.80. The highest BCUT2D eigenvalue weighted by molar-refractivity contribution is 5.93. The van der Waals surface area contributed by atoms with Gasteiger partial charge in [0.15, 0.2) is 5.75 Å². The predicted octanol–water partition coefficient (Wildman–Crippen LogP) is 0.292. The molecule has 1 amide bonds. The van der Waals surface area contributed by atoms with Gasteiger partial charge in [0, 0.05) is 24.2 Å². The fraction of sp³-hybridized carbons (Fsp3) is 0.300. The summed E-state index contributed by atoms with van der Waals surface area (Å²) in [7, 11) is 1.73. The van der Waals surface area contributed by atoms with E-state index in [9.17, 15) is 14.9 Å². The molecule has 0 atom stereocenters. The van der Waals surface area contributed by atoms with Crippen LogP contribution in [0, 0.1) is 10.1 Å². The number of nitro benzene ring substituents is 1. The summed E-state index contributed by atoms with van der Waals surface area (Å²) in [6.45, 7) is 0.803. The first kappa shape index (κ1) is 12.9. The van der Waals surface area contributed by atoms with Crippen LogP contribution in [-0.2, 0) is 0 Å². The van der Waals surface area contributed by atoms with E-state index < -0.39 is 10.8 Å². The number of benzene rings is 1. The maximum Gasteiger partial charge on any atom is 0.310 e. The van der Waals surface area contributed by atoms with Crippen molar-refractivity contribution in [2.24, 2.45) is 5.73 Å². The number of hydrogen-bond donors (Lipinski definition) is 2. The molecule has 0 fully saturated rings. The standard InChI is InChI=1S/C10H13N3O4/c1-12-4-5-17-9-6-7(10(11)14)2-3-8(9)13(15)16/h2-3,6,12H,4-5H2,1H3,(H2,11,14). The van der Waals surface area contributed by atoms with Gasteiger partial charge in [-0.05, 0) is 13.1 Å². The van der Waals surface area contributed by atoms with Crippen molar-refractivity contribution in [3.05, 3.63) is 33.9 Å². The third kappa shape index (κ3) is 3.42. The molecule has 0 heterocycles. The Bertz CT molecular complexity index is 434. The summed E-state index contributed by atoms with van der Waals surface area (Å²) >= 11 is 0. The van der Waals surface area contributed by atoms with Crippen LogP contribution in [0.15, 0.2) is 18.2 Å². The van der Waals surface area contributed by atoms with Crippen molar-refractivity contribution in [1.82, 2.24) is 5.32 Å². The van der Waals surface area contributed by atoms with Gasteiger partial charge >= 0.3 is 5.69 Å².